The molecule has 0 aliphatic heterocycles. The zero-order chi connectivity index (χ0) is 57.1. The van der Waals surface area contributed by atoms with E-state index >= 15 is 0 Å². The summed E-state index contributed by atoms with van der Waals surface area (Å²) >= 11 is 0. The summed E-state index contributed by atoms with van der Waals surface area (Å²) in [5.41, 5.74) is 0. The summed E-state index contributed by atoms with van der Waals surface area (Å²) in [5, 5.41) is 0. The van der Waals surface area contributed by atoms with E-state index in [1.165, 1.54) is 315 Å². The number of carbonyl (C=O) groups is 3. The molecule has 0 aromatic heterocycles. The summed E-state index contributed by atoms with van der Waals surface area (Å²) in [6.07, 6.45) is 83.2. The van der Waals surface area contributed by atoms with E-state index in [4.69, 9.17) is 14.2 Å². The van der Waals surface area contributed by atoms with Crippen LogP contribution in [0.25, 0.3) is 0 Å². The standard InChI is InChI=1S/C73H140O6/c1-4-7-10-13-15-17-19-21-23-25-27-29-31-32-33-34-35-36-37-38-39-40-42-43-45-47-49-51-53-55-57-60-63-66-72(75)78-69-70(68-77-71(74)65-62-59-12-9-6-3)79-73(76)67-64-61-58-56-54-52-50-48-46-44-41-30-28-26-24-22-20-18-16-14-11-8-5-2/h25,27,70H,4-24,26,28-69H2,1-3H3/b27-25-. The Labute approximate surface area is 494 Å². The van der Waals surface area contributed by atoms with E-state index in [1.807, 2.05) is 0 Å². The van der Waals surface area contributed by atoms with Crippen LogP contribution in [-0.4, -0.2) is 37.2 Å². The van der Waals surface area contributed by atoms with Gasteiger partial charge in [0.1, 0.15) is 13.2 Å². The maximum Gasteiger partial charge on any atom is 0.306 e. The van der Waals surface area contributed by atoms with Crippen LogP contribution in [0.2, 0.25) is 0 Å². The zero-order valence-corrected chi connectivity index (χ0v) is 53.9. The third-order valence-corrected chi connectivity index (χ3v) is 16.8. The lowest BCUT2D eigenvalue weighted by molar-refractivity contribution is -0.167. The van der Waals surface area contributed by atoms with Gasteiger partial charge in [0, 0.05) is 19.3 Å². The van der Waals surface area contributed by atoms with Gasteiger partial charge in [-0.3, -0.25) is 14.4 Å². The lowest BCUT2D eigenvalue weighted by Gasteiger charge is -2.18. The Balaban J connectivity index is 3.86. The van der Waals surface area contributed by atoms with E-state index in [-0.39, 0.29) is 31.1 Å². The second-order valence-corrected chi connectivity index (χ2v) is 24.9. The Hall–Kier alpha value is -1.85. The first-order valence-corrected chi connectivity index (χ1v) is 36.2. The fraction of sp³-hybridized carbons (Fsp3) is 0.932. The molecule has 0 aliphatic carbocycles. The second-order valence-electron chi connectivity index (χ2n) is 24.9. The Bertz CT molecular complexity index is 1230. The number of esters is 3. The van der Waals surface area contributed by atoms with Gasteiger partial charge in [-0.2, -0.15) is 0 Å². The molecule has 468 valence electrons. The van der Waals surface area contributed by atoms with Gasteiger partial charge in [-0.05, 0) is 44.9 Å². The highest BCUT2D eigenvalue weighted by atomic mass is 16.6. The van der Waals surface area contributed by atoms with E-state index in [9.17, 15) is 14.4 Å². The van der Waals surface area contributed by atoms with Gasteiger partial charge >= 0.3 is 17.9 Å². The predicted octanol–water partition coefficient (Wildman–Crippen LogP) is 24.8. The highest BCUT2D eigenvalue weighted by Gasteiger charge is 2.19. The van der Waals surface area contributed by atoms with Gasteiger partial charge in [0.25, 0.3) is 0 Å². The molecule has 0 N–H and O–H groups in total. The molecule has 0 radical (unpaired) electrons. The molecule has 0 bridgehead atoms. The van der Waals surface area contributed by atoms with E-state index in [0.29, 0.717) is 19.3 Å². The lowest BCUT2D eigenvalue weighted by atomic mass is 10.0. The molecule has 0 amide bonds. The third-order valence-electron chi connectivity index (χ3n) is 16.8. The molecule has 6 nitrogen and oxygen atoms in total. The number of ether oxygens (including phenoxy) is 3. The van der Waals surface area contributed by atoms with Crippen LogP contribution in [0.1, 0.15) is 419 Å². The maximum atomic E-state index is 12.9. The highest BCUT2D eigenvalue weighted by molar-refractivity contribution is 5.71. The van der Waals surface area contributed by atoms with Crippen LogP contribution in [0.3, 0.4) is 0 Å². The van der Waals surface area contributed by atoms with Crippen LogP contribution >= 0.6 is 0 Å². The van der Waals surface area contributed by atoms with E-state index < -0.39 is 6.10 Å². The summed E-state index contributed by atoms with van der Waals surface area (Å²) in [7, 11) is 0. The molecule has 0 aliphatic rings. The lowest BCUT2D eigenvalue weighted by Crippen LogP contribution is -2.30. The number of carbonyl (C=O) groups excluding carboxylic acids is 3. The first-order chi connectivity index (χ1) is 39.0. The molecule has 0 saturated heterocycles. The summed E-state index contributed by atoms with van der Waals surface area (Å²) in [6, 6.07) is 0. The number of rotatable bonds is 68. The topological polar surface area (TPSA) is 78.9 Å². The maximum absolute atomic E-state index is 12.9. The molecular formula is C73H140O6. The van der Waals surface area contributed by atoms with Crippen LogP contribution in [0, 0.1) is 0 Å². The number of hydrogen-bond acceptors (Lipinski definition) is 6. The predicted molar refractivity (Wildman–Crippen MR) is 344 cm³/mol. The van der Waals surface area contributed by atoms with Crippen LogP contribution in [0.4, 0.5) is 0 Å². The van der Waals surface area contributed by atoms with Crippen molar-refractivity contribution < 1.29 is 28.6 Å². The van der Waals surface area contributed by atoms with Crippen molar-refractivity contribution in [1.82, 2.24) is 0 Å². The molecule has 0 aromatic carbocycles. The van der Waals surface area contributed by atoms with Crippen LogP contribution in [-0.2, 0) is 28.6 Å². The van der Waals surface area contributed by atoms with Crippen molar-refractivity contribution in [3.05, 3.63) is 12.2 Å². The SMILES string of the molecule is CCCCCCCCCC/C=C\CCCCCCCCCCCCCCCCCCCCCCCC(=O)OCC(COC(=O)CCCCCCC)OC(=O)CCCCCCCCCCCCCCCCCCCCCCCCC. The molecule has 0 saturated carbocycles. The minimum absolute atomic E-state index is 0.0634. The Morgan fingerprint density at radius 3 is 0.633 bits per heavy atom. The zero-order valence-electron chi connectivity index (χ0n) is 53.9. The summed E-state index contributed by atoms with van der Waals surface area (Å²) < 4.78 is 16.8. The number of unbranched alkanes of at least 4 members (excludes halogenated alkanes) is 55. The monoisotopic (exact) mass is 1110 g/mol. The van der Waals surface area contributed by atoms with Gasteiger partial charge in [-0.25, -0.2) is 0 Å². The minimum atomic E-state index is -0.762. The average Bonchev–Trinajstić information content (AvgIpc) is 3.45. The summed E-state index contributed by atoms with van der Waals surface area (Å²) in [6.45, 7) is 6.64. The number of allylic oxidation sites excluding steroid dienone is 2. The molecule has 79 heavy (non-hydrogen) atoms. The fourth-order valence-corrected chi connectivity index (χ4v) is 11.3. The van der Waals surface area contributed by atoms with Gasteiger partial charge in [0.05, 0.1) is 0 Å². The van der Waals surface area contributed by atoms with Gasteiger partial charge < -0.3 is 14.2 Å². The van der Waals surface area contributed by atoms with Crippen molar-refractivity contribution in [1.29, 1.82) is 0 Å². The molecule has 1 atom stereocenters. The van der Waals surface area contributed by atoms with E-state index in [0.717, 1.165) is 64.2 Å². The molecular weight excluding hydrogens is 973 g/mol. The summed E-state index contributed by atoms with van der Waals surface area (Å²) in [4.78, 5) is 38.0. The molecule has 6 heteroatoms. The normalized spacial score (nSPS) is 12.0. The Kier molecular flexibility index (Phi) is 67.0. The smallest absolute Gasteiger partial charge is 0.306 e. The van der Waals surface area contributed by atoms with Crippen LogP contribution in [0.5, 0.6) is 0 Å². The van der Waals surface area contributed by atoms with Gasteiger partial charge in [0.2, 0.25) is 0 Å². The van der Waals surface area contributed by atoms with E-state index in [2.05, 4.69) is 32.9 Å². The molecule has 0 aromatic rings. The van der Waals surface area contributed by atoms with Gasteiger partial charge in [0.15, 0.2) is 6.10 Å². The van der Waals surface area contributed by atoms with Crippen LogP contribution < -0.4 is 0 Å². The quantitative estimate of drug-likeness (QED) is 0.0261. The molecule has 0 fully saturated rings. The Morgan fingerprint density at radius 2 is 0.418 bits per heavy atom. The summed E-state index contributed by atoms with van der Waals surface area (Å²) in [5.74, 6) is -0.846. The first-order valence-electron chi connectivity index (χ1n) is 36.2. The van der Waals surface area contributed by atoms with Crippen molar-refractivity contribution in [3.8, 4) is 0 Å². The van der Waals surface area contributed by atoms with E-state index in [1.54, 1.807) is 0 Å². The second kappa shape index (κ2) is 68.6. The Morgan fingerprint density at radius 1 is 0.241 bits per heavy atom. The third kappa shape index (κ3) is 66.8. The fourth-order valence-electron chi connectivity index (χ4n) is 11.3. The largest absolute Gasteiger partial charge is 0.462 e. The first kappa shape index (κ1) is 77.2. The minimum Gasteiger partial charge on any atom is -0.462 e. The van der Waals surface area contributed by atoms with Crippen molar-refractivity contribution in [2.24, 2.45) is 0 Å². The average molecular weight is 1110 g/mol. The van der Waals surface area contributed by atoms with Crippen molar-refractivity contribution in [2.45, 2.75) is 425 Å². The van der Waals surface area contributed by atoms with Gasteiger partial charge in [-0.1, -0.05) is 367 Å². The molecule has 0 heterocycles. The van der Waals surface area contributed by atoms with Crippen molar-refractivity contribution in [2.75, 3.05) is 13.2 Å². The van der Waals surface area contributed by atoms with Crippen molar-refractivity contribution >= 4 is 17.9 Å². The number of hydrogen-bond donors (Lipinski definition) is 0. The van der Waals surface area contributed by atoms with Crippen molar-refractivity contribution in [3.63, 3.8) is 0 Å². The van der Waals surface area contributed by atoms with Crippen LogP contribution in [0.15, 0.2) is 12.2 Å². The molecule has 1 unspecified atom stereocenters. The molecule has 0 rings (SSSR count). The van der Waals surface area contributed by atoms with Gasteiger partial charge in [-0.15, -0.1) is 0 Å². The highest BCUT2D eigenvalue weighted by Crippen LogP contribution is 2.19. The molecule has 0 spiro atoms.